The third-order valence-corrected chi connectivity index (χ3v) is 10.3. The van der Waals surface area contributed by atoms with Gasteiger partial charge < -0.3 is 25.0 Å². The van der Waals surface area contributed by atoms with E-state index in [1.807, 2.05) is 62.4 Å². The Labute approximate surface area is 307 Å². The minimum Gasteiger partial charge on any atom is -0.476 e. The predicted octanol–water partition coefficient (Wildman–Crippen LogP) is 7.45. The fourth-order valence-electron chi connectivity index (χ4n) is 6.02. The normalized spacial score (nSPS) is 16.2. The molecular formula is C38H47F3N8O2S. The molecule has 1 fully saturated rings. The summed E-state index contributed by atoms with van der Waals surface area (Å²) in [5.74, 6) is 1.56. The molecule has 0 atom stereocenters. The number of amides is 1. The highest BCUT2D eigenvalue weighted by molar-refractivity contribution is 8.00. The maximum atomic E-state index is 13.5. The molecule has 0 spiro atoms. The SMILES string of the molecule is CC(C)(CN1CCCCCCc2ccccc2-c2nc(ccc2-n2ccc(OCC(C)(C)C(F)(F)F)n2)NSc2cccc1n2)C(=O)NC1CNC1. The van der Waals surface area contributed by atoms with Gasteiger partial charge in [0.15, 0.2) is 0 Å². The molecule has 14 heteroatoms. The number of halogens is 3. The number of aromatic nitrogens is 4. The Morgan fingerprint density at radius 2 is 1.75 bits per heavy atom. The van der Waals surface area contributed by atoms with Gasteiger partial charge in [-0.15, -0.1) is 5.10 Å². The molecule has 0 radical (unpaired) electrons. The average Bonchev–Trinajstić information content (AvgIpc) is 3.57. The van der Waals surface area contributed by atoms with Crippen molar-refractivity contribution in [1.29, 1.82) is 0 Å². The summed E-state index contributed by atoms with van der Waals surface area (Å²) in [7, 11) is 0. The number of benzene rings is 1. The molecular weight excluding hydrogens is 690 g/mol. The number of nitrogens with zero attached hydrogens (tertiary/aromatic N) is 5. The van der Waals surface area contributed by atoms with Crippen LogP contribution in [0.5, 0.6) is 5.88 Å². The van der Waals surface area contributed by atoms with E-state index in [1.54, 1.807) is 16.9 Å². The van der Waals surface area contributed by atoms with Crippen LogP contribution >= 0.6 is 11.9 Å². The Kier molecular flexibility index (Phi) is 11.3. The summed E-state index contributed by atoms with van der Waals surface area (Å²) < 4.78 is 50.8. The van der Waals surface area contributed by atoms with Gasteiger partial charge in [-0.25, -0.2) is 14.6 Å². The van der Waals surface area contributed by atoms with Crippen LogP contribution in [0.15, 0.2) is 71.9 Å². The Morgan fingerprint density at radius 1 is 0.962 bits per heavy atom. The molecule has 52 heavy (non-hydrogen) atoms. The first-order valence-electron chi connectivity index (χ1n) is 17.8. The van der Waals surface area contributed by atoms with E-state index in [9.17, 15) is 18.0 Å². The second kappa shape index (κ2) is 15.7. The van der Waals surface area contributed by atoms with E-state index in [1.165, 1.54) is 11.9 Å². The molecule has 3 N–H and O–H groups in total. The number of rotatable bonds is 8. The number of hydrogen-bond acceptors (Lipinski definition) is 9. The van der Waals surface area contributed by atoms with Crippen LogP contribution in [0, 0.1) is 10.8 Å². The van der Waals surface area contributed by atoms with Gasteiger partial charge in [-0.3, -0.25) is 4.79 Å². The zero-order chi connectivity index (χ0) is 36.9. The van der Waals surface area contributed by atoms with Crippen LogP contribution in [0.2, 0.25) is 0 Å². The van der Waals surface area contributed by atoms with Crippen LogP contribution in [0.1, 0.15) is 58.9 Å². The van der Waals surface area contributed by atoms with E-state index in [-0.39, 0.29) is 17.8 Å². The lowest BCUT2D eigenvalue weighted by atomic mass is 9.90. The minimum atomic E-state index is -4.41. The molecule has 2 aliphatic rings. The number of aryl methyl sites for hydroxylation is 1. The van der Waals surface area contributed by atoms with Gasteiger partial charge in [-0.1, -0.05) is 43.2 Å². The Hall–Kier alpha value is -4.30. The maximum Gasteiger partial charge on any atom is 0.397 e. The van der Waals surface area contributed by atoms with Crippen LogP contribution < -0.4 is 25.0 Å². The predicted molar refractivity (Wildman–Crippen MR) is 199 cm³/mol. The molecule has 278 valence electrons. The zero-order valence-electron chi connectivity index (χ0n) is 30.1. The van der Waals surface area contributed by atoms with E-state index < -0.39 is 23.6 Å². The number of nitrogens with one attached hydrogen (secondary N) is 3. The van der Waals surface area contributed by atoms with E-state index >= 15 is 0 Å². The summed E-state index contributed by atoms with van der Waals surface area (Å²) >= 11 is 1.34. The maximum absolute atomic E-state index is 13.5. The summed E-state index contributed by atoms with van der Waals surface area (Å²) in [6, 6.07) is 19.5. The molecule has 0 unspecified atom stereocenters. The minimum absolute atomic E-state index is 0.0443. The van der Waals surface area contributed by atoms with E-state index in [4.69, 9.17) is 14.7 Å². The topological polar surface area (TPSA) is 109 Å². The molecule has 3 aromatic heterocycles. The second-order valence-corrected chi connectivity index (χ2v) is 15.7. The Bertz CT molecular complexity index is 1840. The fraction of sp³-hybridized carbons (Fsp3) is 0.474. The van der Waals surface area contributed by atoms with Crippen LogP contribution in [0.3, 0.4) is 0 Å². The summed E-state index contributed by atoms with van der Waals surface area (Å²) in [6.07, 6.45) is 2.10. The molecule has 6 rings (SSSR count). The first kappa shape index (κ1) is 37.5. The van der Waals surface area contributed by atoms with Crippen molar-refractivity contribution in [2.75, 3.05) is 42.4 Å². The highest BCUT2D eigenvalue weighted by Crippen LogP contribution is 2.38. The molecule has 1 amide bonds. The zero-order valence-corrected chi connectivity index (χ0v) is 30.9. The number of ether oxygens (including phenoxy) is 1. The number of hydrogen-bond donors (Lipinski definition) is 3. The van der Waals surface area contributed by atoms with Gasteiger partial charge in [-0.05, 0) is 76.8 Å². The molecule has 2 aliphatic heterocycles. The number of carbonyl (C=O) groups is 1. The van der Waals surface area contributed by atoms with Crippen molar-refractivity contribution < 1.29 is 22.7 Å². The monoisotopic (exact) mass is 736 g/mol. The first-order chi connectivity index (χ1) is 24.8. The number of alkyl halides is 3. The van der Waals surface area contributed by atoms with Crippen LogP contribution in [-0.2, 0) is 11.2 Å². The van der Waals surface area contributed by atoms with E-state index in [2.05, 4.69) is 31.4 Å². The number of carbonyl (C=O) groups excluding carboxylic acids is 1. The Morgan fingerprint density at radius 3 is 2.52 bits per heavy atom. The van der Waals surface area contributed by atoms with Crippen molar-refractivity contribution in [3.05, 3.63) is 72.4 Å². The summed E-state index contributed by atoms with van der Waals surface area (Å²) in [4.78, 5) is 25.5. The van der Waals surface area contributed by atoms with Gasteiger partial charge in [0.2, 0.25) is 11.8 Å². The summed E-state index contributed by atoms with van der Waals surface area (Å²) in [5.41, 5.74) is 0.801. The molecule has 5 heterocycles. The molecule has 10 nitrogen and oxygen atoms in total. The number of pyridine rings is 2. The first-order valence-corrected chi connectivity index (χ1v) is 18.6. The van der Waals surface area contributed by atoms with Crippen molar-refractivity contribution in [1.82, 2.24) is 30.4 Å². The smallest absolute Gasteiger partial charge is 0.397 e. The molecule has 4 bridgehead atoms. The van der Waals surface area contributed by atoms with Gasteiger partial charge >= 0.3 is 6.18 Å². The quantitative estimate of drug-likeness (QED) is 0.159. The lowest BCUT2D eigenvalue weighted by Crippen LogP contribution is -2.60. The third kappa shape index (κ3) is 9.00. The van der Waals surface area contributed by atoms with Crippen LogP contribution in [0.4, 0.5) is 24.8 Å². The van der Waals surface area contributed by atoms with Crippen molar-refractivity contribution in [2.45, 2.75) is 77.0 Å². The van der Waals surface area contributed by atoms with Gasteiger partial charge in [0.05, 0.1) is 28.3 Å². The summed E-state index contributed by atoms with van der Waals surface area (Å²) in [5, 5.41) is 11.6. The molecule has 0 aliphatic carbocycles. The van der Waals surface area contributed by atoms with Gasteiger partial charge in [0.25, 0.3) is 0 Å². The molecule has 0 saturated carbocycles. The number of anilines is 2. The lowest BCUT2D eigenvalue weighted by molar-refractivity contribution is -0.219. The van der Waals surface area contributed by atoms with E-state index in [0.29, 0.717) is 23.7 Å². The van der Waals surface area contributed by atoms with Crippen LogP contribution in [-0.4, -0.2) is 70.7 Å². The van der Waals surface area contributed by atoms with Crippen molar-refractivity contribution in [3.63, 3.8) is 0 Å². The fourth-order valence-corrected chi connectivity index (χ4v) is 6.63. The van der Waals surface area contributed by atoms with Crippen LogP contribution in [0.25, 0.3) is 16.9 Å². The highest BCUT2D eigenvalue weighted by atomic mass is 32.2. The average molecular weight is 737 g/mol. The van der Waals surface area contributed by atoms with Crippen molar-refractivity contribution in [2.24, 2.45) is 10.8 Å². The Balaban J connectivity index is 1.27. The van der Waals surface area contributed by atoms with Gasteiger partial charge in [0.1, 0.15) is 23.3 Å². The lowest BCUT2D eigenvalue weighted by Gasteiger charge is -2.36. The highest BCUT2D eigenvalue weighted by Gasteiger charge is 2.48. The van der Waals surface area contributed by atoms with Crippen molar-refractivity contribution in [3.8, 4) is 22.8 Å². The van der Waals surface area contributed by atoms with Gasteiger partial charge in [0, 0.05) is 56.0 Å². The van der Waals surface area contributed by atoms with Gasteiger partial charge in [-0.2, -0.15) is 13.2 Å². The van der Waals surface area contributed by atoms with E-state index in [0.717, 1.165) is 87.6 Å². The summed E-state index contributed by atoms with van der Waals surface area (Å²) in [6.45, 7) is 8.56. The standard InChI is InChI=1S/C38H47F3N8O2S/c1-36(2,35(50)43-27-22-42-23-27)24-48-20-10-6-5-7-12-26-13-8-9-14-28(26)34-29(17-18-30(44-34)47-52-33-16-11-15-31(48)45-33)49-21-19-32(46-49)51-25-37(3,4)38(39,40)41/h8-9,11,13-19,21,27,42H,5-7,10,12,20,22-25H2,1-4H3,(H,43,50)(H,44,47). The third-order valence-electron chi connectivity index (χ3n) is 9.54. The second-order valence-electron chi connectivity index (χ2n) is 14.8. The molecule has 1 saturated heterocycles. The largest absolute Gasteiger partial charge is 0.476 e. The number of fused-ring (bicyclic) bond motifs is 6. The molecule has 1 aromatic carbocycles. The molecule has 4 aromatic rings. The van der Waals surface area contributed by atoms with Crippen molar-refractivity contribution >= 4 is 29.5 Å².